The van der Waals surface area contributed by atoms with Crippen LogP contribution in [0.3, 0.4) is 0 Å². The van der Waals surface area contributed by atoms with Crippen molar-refractivity contribution < 1.29 is 9.53 Å². The van der Waals surface area contributed by atoms with Gasteiger partial charge in [-0.1, -0.05) is 30.3 Å². The molecule has 1 aromatic heterocycles. The lowest BCUT2D eigenvalue weighted by molar-refractivity contribution is 0.0231. The van der Waals surface area contributed by atoms with Crippen LogP contribution in [0, 0.1) is 0 Å². The topological polar surface area (TPSA) is 58.2 Å². The molecule has 1 heterocycles. The van der Waals surface area contributed by atoms with E-state index in [9.17, 15) is 4.79 Å². The first-order chi connectivity index (χ1) is 10.9. The smallest absolute Gasteiger partial charge is 0.410 e. The number of benzene rings is 1. The zero-order valence-electron chi connectivity index (χ0n) is 14.1. The van der Waals surface area contributed by atoms with E-state index >= 15 is 0 Å². The standard InChI is InChI=1S/C18H25N3O2/c1-18(2,3)23-17(22)21(14-15-8-5-4-6-9-15)13-7-10-16-11-12-19-20-16/h4-6,8-9,11-12H,7,10,13-14H2,1-3H3,(H,19,20). The molecule has 0 saturated heterocycles. The van der Waals surface area contributed by atoms with E-state index in [4.69, 9.17) is 4.74 Å². The van der Waals surface area contributed by atoms with Crippen molar-refractivity contribution in [2.75, 3.05) is 6.54 Å². The third kappa shape index (κ3) is 6.14. The number of amides is 1. The highest BCUT2D eigenvalue weighted by molar-refractivity contribution is 5.68. The molecule has 5 nitrogen and oxygen atoms in total. The Bertz CT molecular complexity index is 588. The van der Waals surface area contributed by atoms with Gasteiger partial charge in [0.2, 0.25) is 0 Å². The van der Waals surface area contributed by atoms with Crippen molar-refractivity contribution in [2.45, 2.75) is 45.8 Å². The minimum Gasteiger partial charge on any atom is -0.444 e. The minimum absolute atomic E-state index is 0.272. The molecular formula is C18H25N3O2. The second kappa shape index (κ2) is 7.81. The van der Waals surface area contributed by atoms with E-state index in [1.807, 2.05) is 57.2 Å². The van der Waals surface area contributed by atoms with Gasteiger partial charge < -0.3 is 9.64 Å². The number of aryl methyl sites for hydroxylation is 1. The van der Waals surface area contributed by atoms with Crippen LogP contribution in [0.15, 0.2) is 42.6 Å². The van der Waals surface area contributed by atoms with Crippen molar-refractivity contribution in [2.24, 2.45) is 0 Å². The highest BCUT2D eigenvalue weighted by Gasteiger charge is 2.22. The average Bonchev–Trinajstić information content (AvgIpc) is 2.99. The predicted molar refractivity (Wildman–Crippen MR) is 90.0 cm³/mol. The molecule has 1 N–H and O–H groups in total. The maximum atomic E-state index is 12.4. The van der Waals surface area contributed by atoms with Crippen LogP contribution in [0.2, 0.25) is 0 Å². The number of aromatic amines is 1. The van der Waals surface area contributed by atoms with Crippen molar-refractivity contribution in [1.82, 2.24) is 15.1 Å². The van der Waals surface area contributed by atoms with Gasteiger partial charge in [0.15, 0.2) is 0 Å². The minimum atomic E-state index is -0.491. The Morgan fingerprint density at radius 3 is 2.57 bits per heavy atom. The third-order valence-corrected chi connectivity index (χ3v) is 3.30. The lowest BCUT2D eigenvalue weighted by Crippen LogP contribution is -2.37. The normalized spacial score (nSPS) is 11.3. The summed E-state index contributed by atoms with van der Waals surface area (Å²) in [7, 11) is 0. The molecule has 0 radical (unpaired) electrons. The molecular weight excluding hydrogens is 290 g/mol. The van der Waals surface area contributed by atoms with Crippen molar-refractivity contribution in [3.63, 3.8) is 0 Å². The molecule has 0 aliphatic carbocycles. The Labute approximate surface area is 137 Å². The van der Waals surface area contributed by atoms with Crippen molar-refractivity contribution in [3.8, 4) is 0 Å². The number of nitrogens with one attached hydrogen (secondary N) is 1. The summed E-state index contributed by atoms with van der Waals surface area (Å²) in [6, 6.07) is 11.9. The molecule has 124 valence electrons. The number of ether oxygens (including phenoxy) is 1. The quantitative estimate of drug-likeness (QED) is 0.882. The first-order valence-corrected chi connectivity index (χ1v) is 7.94. The van der Waals surface area contributed by atoms with Crippen LogP contribution >= 0.6 is 0 Å². The SMILES string of the molecule is CC(C)(C)OC(=O)N(CCCc1ccn[nH]1)Cc1ccccc1. The highest BCUT2D eigenvalue weighted by atomic mass is 16.6. The third-order valence-electron chi connectivity index (χ3n) is 3.30. The predicted octanol–water partition coefficient (Wildman–Crippen LogP) is 3.78. The van der Waals surface area contributed by atoms with Crippen LogP contribution in [-0.2, 0) is 17.7 Å². The number of aromatic nitrogens is 2. The van der Waals surface area contributed by atoms with Crippen LogP contribution in [0.1, 0.15) is 38.4 Å². The molecule has 2 aromatic rings. The van der Waals surface area contributed by atoms with Crippen LogP contribution in [0.4, 0.5) is 4.79 Å². The molecule has 5 heteroatoms. The maximum absolute atomic E-state index is 12.4. The number of rotatable bonds is 6. The van der Waals surface area contributed by atoms with Gasteiger partial charge >= 0.3 is 6.09 Å². The lowest BCUT2D eigenvalue weighted by atomic mass is 10.2. The van der Waals surface area contributed by atoms with Crippen LogP contribution in [-0.4, -0.2) is 33.3 Å². The molecule has 1 amide bonds. The molecule has 0 atom stereocenters. The van der Waals surface area contributed by atoms with E-state index in [-0.39, 0.29) is 6.09 Å². The van der Waals surface area contributed by atoms with E-state index in [1.54, 1.807) is 11.1 Å². The molecule has 1 aromatic carbocycles. The van der Waals surface area contributed by atoms with E-state index in [1.165, 1.54) is 0 Å². The lowest BCUT2D eigenvalue weighted by Gasteiger charge is -2.27. The van der Waals surface area contributed by atoms with Crippen LogP contribution in [0.25, 0.3) is 0 Å². The van der Waals surface area contributed by atoms with E-state index < -0.39 is 5.60 Å². The van der Waals surface area contributed by atoms with E-state index in [0.717, 1.165) is 24.1 Å². The van der Waals surface area contributed by atoms with E-state index in [0.29, 0.717) is 13.1 Å². The van der Waals surface area contributed by atoms with E-state index in [2.05, 4.69) is 10.2 Å². The fraction of sp³-hybridized carbons (Fsp3) is 0.444. The summed E-state index contributed by atoms with van der Waals surface area (Å²) < 4.78 is 5.53. The van der Waals surface area contributed by atoms with Gasteiger partial charge in [0, 0.05) is 25.0 Å². The molecule has 0 aliphatic heterocycles. The van der Waals surface area contributed by atoms with Crippen molar-refractivity contribution >= 4 is 6.09 Å². The highest BCUT2D eigenvalue weighted by Crippen LogP contribution is 2.13. The van der Waals surface area contributed by atoms with Gasteiger partial charge in [-0.3, -0.25) is 5.10 Å². The Balaban J connectivity index is 1.96. The number of carbonyl (C=O) groups is 1. The monoisotopic (exact) mass is 315 g/mol. The molecule has 23 heavy (non-hydrogen) atoms. The fourth-order valence-electron chi connectivity index (χ4n) is 2.25. The van der Waals surface area contributed by atoms with Gasteiger partial charge in [0.05, 0.1) is 0 Å². The average molecular weight is 315 g/mol. The number of hydrogen-bond acceptors (Lipinski definition) is 3. The van der Waals surface area contributed by atoms with Gasteiger partial charge in [0.25, 0.3) is 0 Å². The molecule has 0 bridgehead atoms. The summed E-state index contributed by atoms with van der Waals surface area (Å²) in [5.41, 5.74) is 1.68. The van der Waals surface area contributed by atoms with Gasteiger partial charge in [-0.05, 0) is 45.2 Å². The molecule has 2 rings (SSSR count). The summed E-state index contributed by atoms with van der Waals surface area (Å²) in [4.78, 5) is 14.2. The fourth-order valence-corrected chi connectivity index (χ4v) is 2.25. The van der Waals surface area contributed by atoms with Gasteiger partial charge in [-0.25, -0.2) is 4.79 Å². The van der Waals surface area contributed by atoms with Gasteiger partial charge in [-0.2, -0.15) is 5.10 Å². The second-order valence-corrected chi connectivity index (χ2v) is 6.57. The number of carbonyl (C=O) groups excluding carboxylic acids is 1. The maximum Gasteiger partial charge on any atom is 0.410 e. The van der Waals surface area contributed by atoms with Gasteiger partial charge in [-0.15, -0.1) is 0 Å². The van der Waals surface area contributed by atoms with Crippen molar-refractivity contribution in [1.29, 1.82) is 0 Å². The Kier molecular flexibility index (Phi) is 5.79. The second-order valence-electron chi connectivity index (χ2n) is 6.57. The number of hydrogen-bond donors (Lipinski definition) is 1. The van der Waals surface area contributed by atoms with Crippen LogP contribution < -0.4 is 0 Å². The van der Waals surface area contributed by atoms with Gasteiger partial charge in [0.1, 0.15) is 5.60 Å². The summed E-state index contributed by atoms with van der Waals surface area (Å²) in [5.74, 6) is 0. The number of nitrogens with zero attached hydrogens (tertiary/aromatic N) is 2. The summed E-state index contributed by atoms with van der Waals surface area (Å²) in [5, 5.41) is 6.88. The number of H-pyrrole nitrogens is 1. The first kappa shape index (κ1) is 17.1. The zero-order valence-corrected chi connectivity index (χ0v) is 14.1. The molecule has 0 fully saturated rings. The van der Waals surface area contributed by atoms with Crippen molar-refractivity contribution in [3.05, 3.63) is 53.9 Å². The molecule has 0 unspecified atom stereocenters. The largest absolute Gasteiger partial charge is 0.444 e. The Morgan fingerprint density at radius 1 is 1.22 bits per heavy atom. The molecule has 0 aliphatic rings. The van der Waals surface area contributed by atoms with Crippen LogP contribution in [0.5, 0.6) is 0 Å². The summed E-state index contributed by atoms with van der Waals surface area (Å²) in [6.45, 7) is 6.85. The first-order valence-electron chi connectivity index (χ1n) is 7.94. The molecule has 0 spiro atoms. The summed E-state index contributed by atoms with van der Waals surface area (Å²) >= 11 is 0. The zero-order chi connectivity index (χ0) is 16.7. The Hall–Kier alpha value is -2.30. The molecule has 0 saturated carbocycles. The summed E-state index contributed by atoms with van der Waals surface area (Å²) in [6.07, 6.45) is 3.18. The Morgan fingerprint density at radius 2 is 1.96 bits per heavy atom.